The molecule has 3 heterocycles. The molecule has 2 aliphatic rings. The lowest BCUT2D eigenvalue weighted by Gasteiger charge is -2.29. The van der Waals surface area contributed by atoms with Gasteiger partial charge in [0.2, 0.25) is 17.8 Å². The van der Waals surface area contributed by atoms with Gasteiger partial charge in [0.05, 0.1) is 24.7 Å². The third-order valence-electron chi connectivity index (χ3n) is 5.20. The summed E-state index contributed by atoms with van der Waals surface area (Å²) in [6, 6.07) is 7.48. The summed E-state index contributed by atoms with van der Waals surface area (Å²) in [6.07, 6.45) is 0.796. The molecule has 0 aliphatic carbocycles. The predicted octanol–water partition coefficient (Wildman–Crippen LogP) is 1.23. The number of morpholine rings is 1. The van der Waals surface area contributed by atoms with Gasteiger partial charge in [0.15, 0.2) is 0 Å². The van der Waals surface area contributed by atoms with E-state index in [9.17, 15) is 14.4 Å². The molecule has 1 atom stereocenters. The number of nitrogens with one attached hydrogen (secondary N) is 3. The summed E-state index contributed by atoms with van der Waals surface area (Å²) in [5.74, 6) is -1.14. The normalized spacial score (nSPS) is 18.7. The van der Waals surface area contributed by atoms with Gasteiger partial charge in [-0.25, -0.2) is 0 Å². The highest BCUT2D eigenvalue weighted by molar-refractivity contribution is 6.04. The number of carbonyl (C=O) groups is 2. The summed E-state index contributed by atoms with van der Waals surface area (Å²) < 4.78 is 5.32. The van der Waals surface area contributed by atoms with Crippen LogP contribution in [-0.4, -0.2) is 48.1 Å². The lowest BCUT2D eigenvalue weighted by molar-refractivity contribution is -0.123. The fraction of sp³-hybridized carbons (Fsp3) is 0.400. The van der Waals surface area contributed by atoms with Gasteiger partial charge in [-0.1, -0.05) is 19.1 Å². The summed E-state index contributed by atoms with van der Waals surface area (Å²) in [6.45, 7) is 4.31. The minimum Gasteiger partial charge on any atom is -0.378 e. The lowest BCUT2D eigenvalue weighted by atomic mass is 9.92. The molecule has 4 rings (SSSR count). The van der Waals surface area contributed by atoms with Gasteiger partial charge in [-0.2, -0.15) is 4.98 Å². The maximum Gasteiger partial charge on any atom is 0.258 e. The van der Waals surface area contributed by atoms with Crippen molar-refractivity contribution in [2.45, 2.75) is 25.7 Å². The van der Waals surface area contributed by atoms with Crippen LogP contribution in [0.2, 0.25) is 0 Å². The first-order valence-electron chi connectivity index (χ1n) is 9.71. The number of hydrogen-bond donors (Lipinski definition) is 3. The number of hydrogen-bond acceptors (Lipinski definition) is 6. The van der Waals surface area contributed by atoms with E-state index in [0.29, 0.717) is 37.9 Å². The van der Waals surface area contributed by atoms with Crippen molar-refractivity contribution in [2.75, 3.05) is 41.8 Å². The molecule has 0 saturated carbocycles. The number of nitrogens with zero attached hydrogens (tertiary/aromatic N) is 2. The van der Waals surface area contributed by atoms with Gasteiger partial charge in [-0.05, 0) is 24.1 Å². The summed E-state index contributed by atoms with van der Waals surface area (Å²) in [5.41, 5.74) is 1.54. The molecular formula is C20H23N5O4. The summed E-state index contributed by atoms with van der Waals surface area (Å²) in [4.78, 5) is 46.9. The fourth-order valence-electron chi connectivity index (χ4n) is 3.56. The fourth-order valence-corrected chi connectivity index (χ4v) is 3.56. The molecule has 0 bridgehead atoms. The largest absolute Gasteiger partial charge is 0.378 e. The zero-order chi connectivity index (χ0) is 20.4. The van der Waals surface area contributed by atoms with Crippen molar-refractivity contribution in [1.29, 1.82) is 0 Å². The number of amides is 2. The minimum absolute atomic E-state index is 0.104. The van der Waals surface area contributed by atoms with E-state index in [0.717, 1.165) is 12.0 Å². The van der Waals surface area contributed by atoms with Crippen LogP contribution < -0.4 is 21.1 Å². The highest BCUT2D eigenvalue weighted by Crippen LogP contribution is 2.30. The molecule has 152 valence electrons. The number of ether oxygens (including phenoxy) is 1. The van der Waals surface area contributed by atoms with Crippen molar-refractivity contribution in [3.05, 3.63) is 45.7 Å². The predicted molar refractivity (Wildman–Crippen MR) is 108 cm³/mol. The summed E-state index contributed by atoms with van der Waals surface area (Å²) in [7, 11) is 0. The first-order chi connectivity index (χ1) is 14.0. The van der Waals surface area contributed by atoms with Gasteiger partial charge in [0.25, 0.3) is 5.56 Å². The number of carbonyl (C=O) groups excluding carboxylic acids is 2. The Morgan fingerprint density at radius 3 is 2.66 bits per heavy atom. The zero-order valence-electron chi connectivity index (χ0n) is 16.2. The number of aromatic nitrogens is 2. The average Bonchev–Trinajstić information content (AvgIpc) is 2.74. The van der Waals surface area contributed by atoms with Gasteiger partial charge in [0, 0.05) is 25.2 Å². The Morgan fingerprint density at radius 1 is 1.24 bits per heavy atom. The summed E-state index contributed by atoms with van der Waals surface area (Å²) >= 11 is 0. The number of aryl methyl sites for hydroxylation is 1. The second-order valence-electron chi connectivity index (χ2n) is 7.10. The van der Waals surface area contributed by atoms with Crippen LogP contribution in [0.25, 0.3) is 0 Å². The van der Waals surface area contributed by atoms with Gasteiger partial charge in [0.1, 0.15) is 5.82 Å². The number of anilines is 3. The van der Waals surface area contributed by atoms with Crippen molar-refractivity contribution in [1.82, 2.24) is 9.97 Å². The minimum atomic E-state index is -0.903. The second kappa shape index (κ2) is 8.04. The molecule has 2 aliphatic heterocycles. The van der Waals surface area contributed by atoms with Gasteiger partial charge < -0.3 is 20.3 Å². The molecule has 1 saturated heterocycles. The van der Waals surface area contributed by atoms with Crippen LogP contribution >= 0.6 is 0 Å². The Labute approximate surface area is 167 Å². The van der Waals surface area contributed by atoms with Crippen LogP contribution in [0, 0.1) is 0 Å². The van der Waals surface area contributed by atoms with Crippen molar-refractivity contribution in [3.8, 4) is 0 Å². The maximum atomic E-state index is 12.9. The third kappa shape index (κ3) is 4.00. The van der Waals surface area contributed by atoms with E-state index in [1.807, 2.05) is 29.2 Å². The molecule has 1 aromatic carbocycles. The highest BCUT2D eigenvalue weighted by atomic mass is 16.5. The van der Waals surface area contributed by atoms with E-state index in [4.69, 9.17) is 4.74 Å². The van der Waals surface area contributed by atoms with Crippen molar-refractivity contribution < 1.29 is 14.3 Å². The van der Waals surface area contributed by atoms with Crippen molar-refractivity contribution in [3.63, 3.8) is 0 Å². The number of H-pyrrole nitrogens is 1. The molecule has 0 unspecified atom stereocenters. The molecule has 9 nitrogen and oxygen atoms in total. The highest BCUT2D eigenvalue weighted by Gasteiger charge is 2.35. The average molecular weight is 397 g/mol. The van der Waals surface area contributed by atoms with E-state index >= 15 is 0 Å². The first kappa shape index (κ1) is 19.1. The molecule has 29 heavy (non-hydrogen) atoms. The third-order valence-corrected chi connectivity index (χ3v) is 5.20. The van der Waals surface area contributed by atoms with E-state index < -0.39 is 17.4 Å². The van der Waals surface area contributed by atoms with E-state index in [1.54, 1.807) is 0 Å². The molecule has 0 spiro atoms. The smallest absolute Gasteiger partial charge is 0.258 e. The van der Waals surface area contributed by atoms with Crippen LogP contribution in [0.3, 0.4) is 0 Å². The second-order valence-corrected chi connectivity index (χ2v) is 7.10. The Kier molecular flexibility index (Phi) is 5.30. The number of rotatable bonds is 4. The lowest BCUT2D eigenvalue weighted by Crippen LogP contribution is -2.41. The van der Waals surface area contributed by atoms with Crippen LogP contribution in [0.4, 0.5) is 17.5 Å². The summed E-state index contributed by atoms with van der Waals surface area (Å²) in [5, 5.41) is 5.44. The van der Waals surface area contributed by atoms with Gasteiger partial charge in [-0.3, -0.25) is 19.4 Å². The van der Waals surface area contributed by atoms with Crippen LogP contribution in [0.15, 0.2) is 29.1 Å². The van der Waals surface area contributed by atoms with E-state index in [1.165, 1.54) is 0 Å². The molecular weight excluding hydrogens is 374 g/mol. The standard InChI is InChI=1S/C20H23N5O4/c1-2-12-3-5-13(6-4-12)21-18(27)14-11-15(26)22-17-16(14)19(28)24-20(23-17)25-7-9-29-10-8-25/h3-6,14H,2,7-11H2,1H3,(H,21,27)(H2,22,23,24,26,28)/t14-/m1/s1. The van der Waals surface area contributed by atoms with Crippen LogP contribution in [0.5, 0.6) is 0 Å². The topological polar surface area (TPSA) is 116 Å². The SMILES string of the molecule is CCc1ccc(NC(=O)[C@@H]2CC(=O)Nc3nc(N4CCOCC4)[nH]c(=O)c32)cc1. The first-order valence-corrected chi connectivity index (χ1v) is 9.71. The van der Waals surface area contributed by atoms with E-state index in [-0.39, 0.29) is 23.7 Å². The molecule has 9 heteroatoms. The Balaban J connectivity index is 1.61. The van der Waals surface area contributed by atoms with Crippen LogP contribution in [0.1, 0.15) is 30.4 Å². The molecule has 0 radical (unpaired) electrons. The molecule has 2 amide bonds. The van der Waals surface area contributed by atoms with Gasteiger partial charge in [-0.15, -0.1) is 0 Å². The maximum absolute atomic E-state index is 12.9. The molecule has 2 aromatic rings. The number of benzene rings is 1. The zero-order valence-corrected chi connectivity index (χ0v) is 16.2. The Bertz CT molecular complexity index is 979. The Hall–Kier alpha value is -3.20. The number of aromatic amines is 1. The van der Waals surface area contributed by atoms with E-state index in [2.05, 4.69) is 27.5 Å². The van der Waals surface area contributed by atoms with Crippen molar-refractivity contribution >= 4 is 29.3 Å². The monoisotopic (exact) mass is 397 g/mol. The van der Waals surface area contributed by atoms with Crippen LogP contribution in [-0.2, 0) is 20.7 Å². The van der Waals surface area contributed by atoms with Gasteiger partial charge >= 0.3 is 0 Å². The Morgan fingerprint density at radius 2 is 1.97 bits per heavy atom. The molecule has 1 fully saturated rings. The molecule has 3 N–H and O–H groups in total. The van der Waals surface area contributed by atoms with Crippen molar-refractivity contribution in [2.24, 2.45) is 0 Å². The quantitative estimate of drug-likeness (QED) is 0.715. The molecule has 1 aromatic heterocycles. The number of fused-ring (bicyclic) bond motifs is 1.